The minimum atomic E-state index is -4.80. The third-order valence-corrected chi connectivity index (χ3v) is 8.95. The molecule has 2 aromatic rings. The Morgan fingerprint density at radius 2 is 1.79 bits per heavy atom. The lowest BCUT2D eigenvalue weighted by Gasteiger charge is -2.43. The molecule has 4 heterocycles. The van der Waals surface area contributed by atoms with Crippen LogP contribution in [0.4, 0.5) is 24.5 Å². The first-order valence-corrected chi connectivity index (χ1v) is 13.2. The molecular formula is C27H26F3N5O2S. The summed E-state index contributed by atoms with van der Waals surface area (Å²) in [5.41, 5.74) is -2.31. The van der Waals surface area contributed by atoms with Crippen molar-refractivity contribution >= 4 is 34.6 Å². The fraction of sp³-hybridized carbons (Fsp3) is 0.481. The van der Waals surface area contributed by atoms with Crippen molar-refractivity contribution in [2.24, 2.45) is 0 Å². The van der Waals surface area contributed by atoms with E-state index in [-0.39, 0.29) is 22.8 Å². The number of ether oxygens (including phenoxy) is 1. The van der Waals surface area contributed by atoms with Gasteiger partial charge in [0.15, 0.2) is 10.8 Å². The second-order valence-electron chi connectivity index (χ2n) is 10.6. The van der Waals surface area contributed by atoms with Crippen LogP contribution in [0.15, 0.2) is 36.5 Å². The van der Waals surface area contributed by atoms with E-state index in [4.69, 9.17) is 22.2 Å². The van der Waals surface area contributed by atoms with E-state index in [9.17, 15) is 18.0 Å². The number of thiocarbonyl (C=S) groups is 1. The molecule has 1 aliphatic carbocycles. The van der Waals surface area contributed by atoms with Gasteiger partial charge in [0, 0.05) is 17.8 Å². The van der Waals surface area contributed by atoms with E-state index in [0.29, 0.717) is 30.6 Å². The third kappa shape index (κ3) is 3.84. The summed E-state index contributed by atoms with van der Waals surface area (Å²) < 4.78 is 47.1. The van der Waals surface area contributed by atoms with E-state index >= 15 is 0 Å². The number of carbonyl (C=O) groups excluding carboxylic acids is 1. The average Bonchev–Trinajstić information content (AvgIpc) is 3.20. The highest BCUT2D eigenvalue weighted by Crippen LogP contribution is 2.48. The molecule has 1 aromatic heterocycles. The Labute approximate surface area is 223 Å². The number of carbonyl (C=O) groups is 1. The van der Waals surface area contributed by atoms with Crippen molar-refractivity contribution in [1.29, 1.82) is 5.26 Å². The number of hydrogen-bond donors (Lipinski definition) is 0. The number of anilines is 2. The normalized spacial score (nSPS) is 26.6. The highest BCUT2D eigenvalue weighted by Gasteiger charge is 2.59. The number of amides is 1. The minimum Gasteiger partial charge on any atom is -0.490 e. The van der Waals surface area contributed by atoms with Crippen molar-refractivity contribution in [3.05, 3.63) is 47.8 Å². The maximum atomic E-state index is 13.6. The summed E-state index contributed by atoms with van der Waals surface area (Å²) in [5.74, 6) is 0.361. The average molecular weight is 542 g/mol. The number of nitrogens with zero attached hydrogens (tertiary/aromatic N) is 5. The van der Waals surface area contributed by atoms with Gasteiger partial charge >= 0.3 is 6.18 Å². The van der Waals surface area contributed by atoms with Crippen molar-refractivity contribution in [2.45, 2.75) is 74.8 Å². The lowest BCUT2D eigenvalue weighted by Crippen LogP contribution is -2.55. The van der Waals surface area contributed by atoms with Gasteiger partial charge in [-0.2, -0.15) is 18.4 Å². The largest absolute Gasteiger partial charge is 0.490 e. The first-order valence-electron chi connectivity index (χ1n) is 12.8. The predicted molar refractivity (Wildman–Crippen MR) is 138 cm³/mol. The Morgan fingerprint density at radius 3 is 2.34 bits per heavy atom. The highest BCUT2D eigenvalue weighted by molar-refractivity contribution is 7.81. The lowest BCUT2D eigenvalue weighted by atomic mass is 9.75. The highest BCUT2D eigenvalue weighted by atomic mass is 32.1. The van der Waals surface area contributed by atoms with Gasteiger partial charge in [-0.15, -0.1) is 0 Å². The van der Waals surface area contributed by atoms with Gasteiger partial charge < -0.3 is 14.5 Å². The first kappa shape index (κ1) is 25.1. The molecule has 0 N–H and O–H groups in total. The summed E-state index contributed by atoms with van der Waals surface area (Å²) in [6.45, 7) is 0. The van der Waals surface area contributed by atoms with Gasteiger partial charge in [-0.1, -0.05) is 0 Å². The van der Waals surface area contributed by atoms with E-state index in [0.717, 1.165) is 42.2 Å². The third-order valence-electron chi connectivity index (χ3n) is 8.59. The smallest absolute Gasteiger partial charge is 0.419 e. The molecule has 3 aliphatic heterocycles. The Morgan fingerprint density at radius 1 is 1.13 bits per heavy atom. The molecule has 198 valence electrons. The van der Waals surface area contributed by atoms with Gasteiger partial charge in [0.1, 0.15) is 23.5 Å². The number of rotatable bonds is 4. The van der Waals surface area contributed by atoms with Gasteiger partial charge in [0.25, 0.3) is 5.91 Å². The minimum absolute atomic E-state index is 0.0925. The van der Waals surface area contributed by atoms with Crippen LogP contribution in [-0.2, 0) is 11.0 Å². The Hall–Kier alpha value is -3.23. The van der Waals surface area contributed by atoms with Crippen LogP contribution in [0, 0.1) is 11.3 Å². The number of pyridine rings is 1. The maximum absolute atomic E-state index is 13.6. The summed E-state index contributed by atoms with van der Waals surface area (Å²) in [5, 5.41) is 9.18. The number of hydrogen-bond acceptors (Lipinski definition) is 6. The molecule has 0 unspecified atom stereocenters. The van der Waals surface area contributed by atoms with Crippen LogP contribution >= 0.6 is 12.2 Å². The zero-order valence-corrected chi connectivity index (χ0v) is 21.6. The number of nitriles is 1. The van der Waals surface area contributed by atoms with Crippen LogP contribution in [-0.4, -0.2) is 51.7 Å². The first-order chi connectivity index (χ1) is 18.1. The fourth-order valence-corrected chi connectivity index (χ4v) is 6.88. The lowest BCUT2D eigenvalue weighted by molar-refractivity contribution is -0.138. The molecule has 1 saturated carbocycles. The van der Waals surface area contributed by atoms with Crippen molar-refractivity contribution in [1.82, 2.24) is 9.88 Å². The van der Waals surface area contributed by atoms with E-state index in [2.05, 4.69) is 16.9 Å². The summed E-state index contributed by atoms with van der Waals surface area (Å²) in [4.78, 5) is 22.6. The van der Waals surface area contributed by atoms with Gasteiger partial charge in [-0.3, -0.25) is 9.69 Å². The zero-order chi connectivity index (χ0) is 26.8. The molecular weight excluding hydrogens is 515 g/mol. The molecule has 11 heteroatoms. The van der Waals surface area contributed by atoms with Crippen LogP contribution in [0.3, 0.4) is 0 Å². The number of benzene rings is 1. The topological polar surface area (TPSA) is 72.7 Å². The van der Waals surface area contributed by atoms with Crippen molar-refractivity contribution in [2.75, 3.05) is 16.8 Å². The molecule has 1 spiro atoms. The van der Waals surface area contributed by atoms with Gasteiger partial charge in [0.2, 0.25) is 0 Å². The van der Waals surface area contributed by atoms with Crippen molar-refractivity contribution in [3.8, 4) is 11.8 Å². The second-order valence-corrected chi connectivity index (χ2v) is 11.0. The summed E-state index contributed by atoms with van der Waals surface area (Å²) >= 11 is 5.68. The number of halogens is 3. The molecule has 38 heavy (non-hydrogen) atoms. The summed E-state index contributed by atoms with van der Waals surface area (Å²) in [7, 11) is 2.19. The molecule has 1 aromatic carbocycles. The van der Waals surface area contributed by atoms with Gasteiger partial charge in [-0.25, -0.2) is 4.98 Å². The van der Waals surface area contributed by atoms with Crippen LogP contribution in [0.2, 0.25) is 0 Å². The summed E-state index contributed by atoms with van der Waals surface area (Å²) in [6, 6.07) is 10.8. The number of fused-ring (bicyclic) bond motifs is 2. The maximum Gasteiger partial charge on any atom is 0.419 e. The van der Waals surface area contributed by atoms with E-state index in [1.807, 2.05) is 24.3 Å². The SMILES string of the molecule is CN1[C@@H]2CC[C@H]1C[C@H](Oc1ccc(N3C(=S)N(c4cnc(C#N)c(C(F)(F)F)c4)C(=O)C34CCC4)cc1)C2. The zero-order valence-electron chi connectivity index (χ0n) is 20.7. The van der Waals surface area contributed by atoms with Crippen molar-refractivity contribution < 1.29 is 22.7 Å². The molecule has 7 nitrogen and oxygen atoms in total. The molecule has 0 radical (unpaired) electrons. The number of aromatic nitrogens is 1. The number of piperidine rings is 1. The van der Waals surface area contributed by atoms with Gasteiger partial charge in [0.05, 0.1) is 17.4 Å². The van der Waals surface area contributed by atoms with Crippen LogP contribution < -0.4 is 14.5 Å². The molecule has 6 rings (SSSR count). The molecule has 4 aliphatic rings. The van der Waals surface area contributed by atoms with E-state index in [1.165, 1.54) is 18.9 Å². The summed E-state index contributed by atoms with van der Waals surface area (Å²) in [6.07, 6.45) is 2.74. The van der Waals surface area contributed by atoms with Crippen molar-refractivity contribution in [3.63, 3.8) is 0 Å². The quantitative estimate of drug-likeness (QED) is 0.503. The monoisotopic (exact) mass is 541 g/mol. The molecule has 3 atom stereocenters. The Balaban J connectivity index is 1.27. The standard InChI is InChI=1S/C27H26F3N5O2S/c1-33-17-3-4-18(33)12-21(11-17)37-20-7-5-16(6-8-20)35-25(38)34(24(36)26(35)9-2-10-26)19-13-22(27(28,29)30)23(14-31)32-15-19/h5-8,13,15,17-18,21H,2-4,9-12H2,1H3/t17-,18+,21-. The van der Waals surface area contributed by atoms with E-state index < -0.39 is 23.0 Å². The number of alkyl halides is 3. The van der Waals surface area contributed by atoms with Crippen LogP contribution in [0.25, 0.3) is 0 Å². The molecule has 1 amide bonds. The fourth-order valence-electron chi connectivity index (χ4n) is 6.41. The molecule has 2 bridgehead atoms. The molecule has 3 saturated heterocycles. The van der Waals surface area contributed by atoms with Crippen LogP contribution in [0.1, 0.15) is 56.2 Å². The Kier molecular flexibility index (Phi) is 5.88. The second kappa shape index (κ2) is 8.92. The molecule has 4 fully saturated rings. The Bertz CT molecular complexity index is 1320. The van der Waals surface area contributed by atoms with Gasteiger partial charge in [-0.05, 0) is 94.5 Å². The van der Waals surface area contributed by atoms with E-state index in [1.54, 1.807) is 4.90 Å². The predicted octanol–water partition coefficient (Wildman–Crippen LogP) is 5.04. The van der Waals surface area contributed by atoms with Crippen LogP contribution in [0.5, 0.6) is 5.75 Å².